The van der Waals surface area contributed by atoms with Crippen LogP contribution in [-0.2, 0) is 46.3 Å². The molecule has 286 valence electrons. The number of thioether (sulfide) groups is 1. The maximum absolute atomic E-state index is 13.7. The van der Waals surface area contributed by atoms with E-state index in [2.05, 4.69) is 31.6 Å². The summed E-state index contributed by atoms with van der Waals surface area (Å²) in [6.07, 6.45) is 1.62. The third kappa shape index (κ3) is 13.9. The van der Waals surface area contributed by atoms with Gasteiger partial charge in [0, 0.05) is 29.9 Å². The predicted octanol–water partition coefficient (Wildman–Crippen LogP) is 1.13. The highest BCUT2D eigenvalue weighted by Gasteiger charge is 2.33. The summed E-state index contributed by atoms with van der Waals surface area (Å²) in [4.78, 5) is 93.9. The number of nitrogens with two attached hydrogens (primary N) is 1. The van der Waals surface area contributed by atoms with Gasteiger partial charge in [0.25, 0.3) is 5.91 Å². The molecule has 0 saturated heterocycles. The fourth-order valence-corrected chi connectivity index (χ4v) is 5.71. The number of fused-ring (bicyclic) bond motifs is 1. The highest BCUT2D eigenvalue weighted by Crippen LogP contribution is 2.19. The van der Waals surface area contributed by atoms with E-state index in [1.165, 1.54) is 11.8 Å². The van der Waals surface area contributed by atoms with Crippen LogP contribution in [0.1, 0.15) is 44.7 Å². The van der Waals surface area contributed by atoms with E-state index in [0.29, 0.717) is 11.3 Å². The lowest BCUT2D eigenvalue weighted by Gasteiger charge is -2.26. The summed E-state index contributed by atoms with van der Waals surface area (Å²) < 4.78 is 5.16. The number of carbonyl (C=O) groups is 7. The summed E-state index contributed by atoms with van der Waals surface area (Å²) in [5.74, 6) is -5.18. The van der Waals surface area contributed by atoms with E-state index >= 15 is 0 Å². The van der Waals surface area contributed by atoms with Crippen LogP contribution >= 0.6 is 11.8 Å². The van der Waals surface area contributed by atoms with E-state index in [1.54, 1.807) is 63.6 Å². The van der Waals surface area contributed by atoms with Gasteiger partial charge in [-0.2, -0.15) is 11.8 Å². The third-order valence-electron chi connectivity index (χ3n) is 7.73. The smallest absolute Gasteiger partial charge is 0.414 e. The van der Waals surface area contributed by atoms with E-state index in [1.807, 2.05) is 24.3 Å². The molecule has 0 radical (unpaired) electrons. The van der Waals surface area contributed by atoms with E-state index in [4.69, 9.17) is 10.5 Å². The second-order valence-corrected chi connectivity index (χ2v) is 14.1. The van der Waals surface area contributed by atoms with Crippen LogP contribution in [0.5, 0.6) is 0 Å². The Balaban J connectivity index is 1.82. The minimum atomic E-state index is -1.69. The van der Waals surface area contributed by atoms with E-state index in [0.717, 1.165) is 16.5 Å². The lowest BCUT2D eigenvalue weighted by molar-refractivity contribution is -0.141. The molecule has 0 fully saturated rings. The van der Waals surface area contributed by atoms with Crippen LogP contribution in [0.15, 0.2) is 60.8 Å². The molecule has 0 spiro atoms. The number of alkyl carbamates (subject to hydrolysis) is 1. The van der Waals surface area contributed by atoms with Crippen molar-refractivity contribution in [2.45, 2.75) is 76.2 Å². The SMILES string of the molecule is CSCC[C@H](NC(=O)[C@H](Cc1c[nH]c2ccccc12)NC(=O)CN)C(=O)N[C@@H](CC(=O)O)C(=O)N[C@@H](Cc1ccccc1)C(=O)NC(=O)OC(C)(C)C. The van der Waals surface area contributed by atoms with Gasteiger partial charge in [-0.05, 0) is 56.4 Å². The van der Waals surface area contributed by atoms with Gasteiger partial charge < -0.3 is 41.8 Å². The lowest BCUT2D eigenvalue weighted by Crippen LogP contribution is -2.59. The fourth-order valence-electron chi connectivity index (χ4n) is 5.24. The highest BCUT2D eigenvalue weighted by molar-refractivity contribution is 7.98. The minimum absolute atomic E-state index is 0.0522. The molecule has 0 aliphatic carbocycles. The van der Waals surface area contributed by atoms with Crippen LogP contribution < -0.4 is 32.3 Å². The number of aromatic nitrogens is 1. The molecule has 0 aliphatic rings. The zero-order chi connectivity index (χ0) is 39.1. The number of para-hydroxylation sites is 1. The maximum atomic E-state index is 13.7. The molecule has 0 saturated carbocycles. The van der Waals surface area contributed by atoms with E-state index in [-0.39, 0.29) is 25.8 Å². The number of amides is 6. The molecule has 9 N–H and O–H groups in total. The Kier molecular flexibility index (Phi) is 15.8. The molecule has 1 heterocycles. The van der Waals surface area contributed by atoms with Crippen LogP contribution in [0.2, 0.25) is 0 Å². The molecule has 6 amide bonds. The lowest BCUT2D eigenvalue weighted by atomic mass is 10.0. The standard InChI is InChI=1S/C36H47N7O9S/c1-36(2,3)52-35(51)43-34(50)26(16-21-10-6-5-7-11-21)41-33(49)28(18-30(45)46)42-31(47)25(14-15-53-4)40-32(48)27(39-29(44)19-37)17-22-20-38-24-13-9-8-12-23(22)24/h5-13,20,25-28,38H,14-19,37H2,1-4H3,(H,39,44)(H,40,48)(H,41,49)(H,42,47)(H,45,46)(H,43,50,51)/t25-,26-,27-,28-/m0/s1. The number of aliphatic carboxylic acids is 1. The second-order valence-electron chi connectivity index (χ2n) is 13.1. The number of carbonyl (C=O) groups excluding carboxylic acids is 6. The number of benzene rings is 2. The van der Waals surface area contributed by atoms with E-state index in [9.17, 15) is 38.7 Å². The molecule has 1 aromatic heterocycles. The van der Waals surface area contributed by atoms with Crippen molar-refractivity contribution in [3.63, 3.8) is 0 Å². The summed E-state index contributed by atoms with van der Waals surface area (Å²) in [6, 6.07) is 10.5. The molecule has 17 heteroatoms. The molecule has 4 atom stereocenters. The average Bonchev–Trinajstić information content (AvgIpc) is 3.50. The second kappa shape index (κ2) is 20.0. The van der Waals surface area contributed by atoms with Crippen LogP contribution in [0, 0.1) is 0 Å². The van der Waals surface area contributed by atoms with Crippen LogP contribution in [0.4, 0.5) is 4.79 Å². The van der Waals surface area contributed by atoms with Crippen molar-refractivity contribution in [1.29, 1.82) is 0 Å². The molecule has 0 bridgehead atoms. The number of H-pyrrole nitrogens is 1. The predicted molar refractivity (Wildman–Crippen MR) is 199 cm³/mol. The summed E-state index contributed by atoms with van der Waals surface area (Å²) in [6.45, 7) is 4.43. The zero-order valence-corrected chi connectivity index (χ0v) is 30.8. The van der Waals surface area contributed by atoms with Gasteiger partial charge in [-0.1, -0.05) is 48.5 Å². The largest absolute Gasteiger partial charge is 0.481 e. The van der Waals surface area contributed by atoms with E-state index < -0.39 is 77.8 Å². The number of rotatable bonds is 18. The number of hydrogen-bond acceptors (Lipinski definition) is 10. The zero-order valence-electron chi connectivity index (χ0n) is 30.0. The molecular weight excluding hydrogens is 707 g/mol. The molecule has 0 unspecified atom stereocenters. The van der Waals surface area contributed by atoms with Crippen molar-refractivity contribution >= 4 is 64.3 Å². The molecule has 16 nitrogen and oxygen atoms in total. The van der Waals surface area contributed by atoms with Gasteiger partial charge in [0.1, 0.15) is 29.8 Å². The average molecular weight is 754 g/mol. The first-order valence-electron chi connectivity index (χ1n) is 16.8. The summed E-state index contributed by atoms with van der Waals surface area (Å²) in [5, 5.41) is 22.7. The Morgan fingerprint density at radius 1 is 0.792 bits per heavy atom. The van der Waals surface area contributed by atoms with Crippen LogP contribution in [-0.4, -0.2) is 100 Å². The van der Waals surface area contributed by atoms with Crippen molar-refractivity contribution in [2.75, 3.05) is 18.6 Å². The first kappa shape index (κ1) is 42.0. The number of carboxylic acid groups (broad SMARTS) is 1. The quantitative estimate of drug-likeness (QED) is 0.0914. The van der Waals surface area contributed by atoms with Crippen molar-refractivity contribution in [1.82, 2.24) is 31.6 Å². The Labute approximate surface area is 311 Å². The topological polar surface area (TPSA) is 251 Å². The van der Waals surface area contributed by atoms with Crippen LogP contribution in [0.25, 0.3) is 10.9 Å². The maximum Gasteiger partial charge on any atom is 0.414 e. The summed E-state index contributed by atoms with van der Waals surface area (Å²) in [7, 11) is 0. The number of nitrogens with one attached hydrogen (secondary N) is 6. The van der Waals surface area contributed by atoms with Gasteiger partial charge in [-0.25, -0.2) is 4.79 Å². The van der Waals surface area contributed by atoms with Crippen molar-refractivity contribution in [2.24, 2.45) is 5.73 Å². The minimum Gasteiger partial charge on any atom is -0.481 e. The number of aromatic amines is 1. The monoisotopic (exact) mass is 753 g/mol. The highest BCUT2D eigenvalue weighted by atomic mass is 32.2. The molecule has 3 rings (SSSR count). The Bertz CT molecular complexity index is 1760. The number of hydrogen-bond donors (Lipinski definition) is 8. The first-order valence-corrected chi connectivity index (χ1v) is 18.2. The van der Waals surface area contributed by atoms with Crippen molar-refractivity contribution in [3.05, 3.63) is 71.9 Å². The fraction of sp³-hybridized carbons (Fsp3) is 0.417. The molecule has 3 aromatic rings. The Hall–Kier alpha value is -5.42. The van der Waals surface area contributed by atoms with Gasteiger partial charge in [0.15, 0.2) is 0 Å². The summed E-state index contributed by atoms with van der Waals surface area (Å²) in [5.41, 5.74) is 6.75. The Morgan fingerprint density at radius 2 is 1.38 bits per heavy atom. The van der Waals surface area contributed by atoms with Gasteiger partial charge in [-0.15, -0.1) is 0 Å². The van der Waals surface area contributed by atoms with Crippen molar-refractivity contribution < 1.29 is 43.4 Å². The van der Waals surface area contributed by atoms with Gasteiger partial charge in [-0.3, -0.25) is 34.1 Å². The van der Waals surface area contributed by atoms with Crippen LogP contribution in [0.3, 0.4) is 0 Å². The molecule has 0 aliphatic heterocycles. The number of carboxylic acids is 1. The molecule has 53 heavy (non-hydrogen) atoms. The Morgan fingerprint density at radius 3 is 2.02 bits per heavy atom. The number of imide groups is 1. The third-order valence-corrected chi connectivity index (χ3v) is 8.38. The summed E-state index contributed by atoms with van der Waals surface area (Å²) >= 11 is 1.38. The normalized spacial score (nSPS) is 13.5. The van der Waals surface area contributed by atoms with Crippen molar-refractivity contribution in [3.8, 4) is 0 Å². The number of ether oxygens (including phenoxy) is 1. The molecular formula is C36H47N7O9S. The molecule has 2 aromatic carbocycles. The van der Waals surface area contributed by atoms with Gasteiger partial charge >= 0.3 is 12.1 Å². The van der Waals surface area contributed by atoms with Gasteiger partial charge in [0.05, 0.1) is 13.0 Å². The first-order chi connectivity index (χ1) is 25.1. The van der Waals surface area contributed by atoms with Gasteiger partial charge in [0.2, 0.25) is 23.6 Å².